The first-order chi connectivity index (χ1) is 7.20. The Labute approximate surface area is 98.2 Å². The highest BCUT2D eigenvalue weighted by atomic mass is 79.9. The molecule has 0 amide bonds. The Bertz CT molecular complexity index is 535. The van der Waals surface area contributed by atoms with Crippen molar-refractivity contribution in [3.63, 3.8) is 0 Å². The van der Waals surface area contributed by atoms with E-state index in [1.54, 1.807) is 0 Å². The zero-order valence-electron chi connectivity index (χ0n) is 9.05. The van der Waals surface area contributed by atoms with Crippen molar-refractivity contribution in [2.45, 2.75) is 32.7 Å². The maximum Gasteiger partial charge on any atom is 0.0889 e. The lowest BCUT2D eigenvalue weighted by Gasteiger charge is -2.04. The Morgan fingerprint density at radius 3 is 2.67 bits per heavy atom. The fourth-order valence-electron chi connectivity index (χ4n) is 2.42. The quantitative estimate of drug-likeness (QED) is 0.721. The third-order valence-electron chi connectivity index (χ3n) is 3.32. The number of hydrogen-bond donors (Lipinski definition) is 0. The average Bonchev–Trinajstić information content (AvgIpc) is 2.98. The summed E-state index contributed by atoms with van der Waals surface area (Å²) in [5.41, 5.74) is 4.15. The molecule has 0 spiro atoms. The number of halogens is 1. The lowest BCUT2D eigenvalue weighted by atomic mass is 10.1. The van der Waals surface area contributed by atoms with Gasteiger partial charge in [0.25, 0.3) is 0 Å². The van der Waals surface area contributed by atoms with E-state index < -0.39 is 0 Å². The van der Waals surface area contributed by atoms with E-state index in [1.807, 2.05) is 0 Å². The lowest BCUT2D eigenvalue weighted by molar-refractivity contribution is 0.755. The highest BCUT2D eigenvalue weighted by Gasteiger charge is 2.28. The molecule has 1 aliphatic carbocycles. The van der Waals surface area contributed by atoms with Crippen molar-refractivity contribution >= 4 is 26.8 Å². The molecule has 2 heteroatoms. The fraction of sp³-hybridized carbons (Fsp3) is 0.385. The number of rotatable bonds is 1. The van der Waals surface area contributed by atoms with Gasteiger partial charge in [-0.3, -0.25) is 0 Å². The third-order valence-corrected chi connectivity index (χ3v) is 4.30. The molecule has 78 valence electrons. The fourth-order valence-corrected chi connectivity index (χ4v) is 3.10. The topological polar surface area (TPSA) is 4.93 Å². The Morgan fingerprint density at radius 2 is 2.00 bits per heavy atom. The van der Waals surface area contributed by atoms with Gasteiger partial charge < -0.3 is 4.57 Å². The SMILES string of the molecule is Cc1cccc2c1c(C)c(Br)n2C1CC1. The first kappa shape index (κ1) is 9.46. The van der Waals surface area contributed by atoms with Crippen LogP contribution in [0.2, 0.25) is 0 Å². The second kappa shape index (κ2) is 3.11. The van der Waals surface area contributed by atoms with E-state index in [0.29, 0.717) is 0 Å². The van der Waals surface area contributed by atoms with E-state index in [0.717, 1.165) is 6.04 Å². The van der Waals surface area contributed by atoms with Crippen molar-refractivity contribution in [3.05, 3.63) is 33.9 Å². The van der Waals surface area contributed by atoms with Crippen LogP contribution >= 0.6 is 15.9 Å². The van der Waals surface area contributed by atoms with Gasteiger partial charge in [-0.25, -0.2) is 0 Å². The molecule has 0 saturated heterocycles. The summed E-state index contributed by atoms with van der Waals surface area (Å²) >= 11 is 3.73. The highest BCUT2D eigenvalue weighted by molar-refractivity contribution is 9.10. The second-order valence-corrected chi connectivity index (χ2v) is 5.24. The summed E-state index contributed by atoms with van der Waals surface area (Å²) in [4.78, 5) is 0. The van der Waals surface area contributed by atoms with Crippen LogP contribution in [-0.2, 0) is 0 Å². The van der Waals surface area contributed by atoms with Gasteiger partial charge in [-0.2, -0.15) is 0 Å². The zero-order valence-corrected chi connectivity index (χ0v) is 10.6. The molecule has 1 nitrogen and oxygen atoms in total. The minimum absolute atomic E-state index is 0.734. The van der Waals surface area contributed by atoms with Gasteiger partial charge in [-0.1, -0.05) is 12.1 Å². The largest absolute Gasteiger partial charge is 0.332 e. The third kappa shape index (κ3) is 1.27. The molecule has 1 fully saturated rings. The summed E-state index contributed by atoms with van der Waals surface area (Å²) in [6, 6.07) is 7.32. The summed E-state index contributed by atoms with van der Waals surface area (Å²) in [5, 5.41) is 1.43. The van der Waals surface area contributed by atoms with Crippen LogP contribution in [0.3, 0.4) is 0 Å². The van der Waals surface area contributed by atoms with Crippen LogP contribution in [-0.4, -0.2) is 4.57 Å². The summed E-state index contributed by atoms with van der Waals surface area (Å²) in [6.45, 7) is 4.40. The normalized spacial score (nSPS) is 16.2. The molecule has 1 heterocycles. The van der Waals surface area contributed by atoms with Gasteiger partial charge in [0.1, 0.15) is 0 Å². The van der Waals surface area contributed by atoms with Crippen molar-refractivity contribution in [1.82, 2.24) is 4.57 Å². The van der Waals surface area contributed by atoms with Gasteiger partial charge in [0.05, 0.1) is 4.60 Å². The molecule has 0 atom stereocenters. The van der Waals surface area contributed by atoms with Crippen molar-refractivity contribution < 1.29 is 0 Å². The van der Waals surface area contributed by atoms with E-state index in [9.17, 15) is 0 Å². The lowest BCUT2D eigenvalue weighted by Crippen LogP contribution is -1.93. The van der Waals surface area contributed by atoms with Gasteiger partial charge in [0.2, 0.25) is 0 Å². The molecule has 1 aromatic heterocycles. The summed E-state index contributed by atoms with van der Waals surface area (Å²) in [7, 11) is 0. The number of nitrogens with zero attached hydrogens (tertiary/aromatic N) is 1. The van der Waals surface area contributed by atoms with E-state index in [1.165, 1.54) is 39.5 Å². The second-order valence-electron chi connectivity index (χ2n) is 4.49. The predicted octanol–water partition coefficient (Wildman–Crippen LogP) is 4.36. The van der Waals surface area contributed by atoms with Crippen molar-refractivity contribution in [2.24, 2.45) is 0 Å². The van der Waals surface area contributed by atoms with Gasteiger partial charge in [-0.15, -0.1) is 0 Å². The molecular weight excluding hydrogens is 250 g/mol. The smallest absolute Gasteiger partial charge is 0.0889 e. The first-order valence-electron chi connectivity index (χ1n) is 5.45. The van der Waals surface area contributed by atoms with Crippen molar-refractivity contribution in [1.29, 1.82) is 0 Å². The summed E-state index contributed by atoms with van der Waals surface area (Å²) in [6.07, 6.45) is 2.66. The number of hydrogen-bond acceptors (Lipinski definition) is 0. The molecule has 15 heavy (non-hydrogen) atoms. The van der Waals surface area contributed by atoms with Crippen LogP contribution in [0.1, 0.15) is 30.0 Å². The Balaban J connectivity index is 2.44. The Morgan fingerprint density at radius 1 is 1.27 bits per heavy atom. The van der Waals surface area contributed by atoms with E-state index in [2.05, 4.69) is 52.5 Å². The monoisotopic (exact) mass is 263 g/mol. The predicted molar refractivity (Wildman–Crippen MR) is 67.4 cm³/mol. The summed E-state index contributed by atoms with van der Waals surface area (Å²) < 4.78 is 3.73. The van der Waals surface area contributed by atoms with Gasteiger partial charge >= 0.3 is 0 Å². The van der Waals surface area contributed by atoms with Gasteiger partial charge in [0, 0.05) is 16.9 Å². The Hall–Kier alpha value is -0.760. The Kier molecular flexibility index (Phi) is 1.96. The van der Waals surface area contributed by atoms with Gasteiger partial charge in [0.15, 0.2) is 0 Å². The molecule has 1 aromatic carbocycles. The maximum absolute atomic E-state index is 3.73. The minimum Gasteiger partial charge on any atom is -0.332 e. The molecular formula is C13H14BrN. The average molecular weight is 264 g/mol. The zero-order chi connectivity index (χ0) is 10.6. The standard InChI is InChI=1S/C13H14BrN/c1-8-4-3-5-11-12(8)9(2)13(14)15(11)10-6-7-10/h3-5,10H,6-7H2,1-2H3. The molecule has 0 N–H and O–H groups in total. The molecule has 0 radical (unpaired) electrons. The number of aryl methyl sites for hydroxylation is 2. The van der Waals surface area contributed by atoms with Crippen molar-refractivity contribution in [2.75, 3.05) is 0 Å². The summed E-state index contributed by atoms with van der Waals surface area (Å²) in [5.74, 6) is 0. The molecule has 2 aromatic rings. The molecule has 1 aliphatic rings. The number of benzene rings is 1. The van der Waals surface area contributed by atoms with E-state index in [4.69, 9.17) is 0 Å². The first-order valence-corrected chi connectivity index (χ1v) is 6.25. The molecule has 0 unspecified atom stereocenters. The number of fused-ring (bicyclic) bond motifs is 1. The van der Waals surface area contributed by atoms with Crippen LogP contribution in [0, 0.1) is 13.8 Å². The van der Waals surface area contributed by atoms with E-state index >= 15 is 0 Å². The maximum atomic E-state index is 3.73. The molecule has 1 saturated carbocycles. The minimum atomic E-state index is 0.734. The molecule has 0 aliphatic heterocycles. The van der Waals surface area contributed by atoms with Gasteiger partial charge in [-0.05, 0) is 59.8 Å². The van der Waals surface area contributed by atoms with Crippen LogP contribution in [0.4, 0.5) is 0 Å². The van der Waals surface area contributed by atoms with Crippen LogP contribution in [0.25, 0.3) is 10.9 Å². The molecule has 0 bridgehead atoms. The highest BCUT2D eigenvalue weighted by Crippen LogP contribution is 2.43. The van der Waals surface area contributed by atoms with Crippen molar-refractivity contribution in [3.8, 4) is 0 Å². The van der Waals surface area contributed by atoms with E-state index in [-0.39, 0.29) is 0 Å². The van der Waals surface area contributed by atoms with Crippen LogP contribution in [0.5, 0.6) is 0 Å². The molecule has 3 rings (SSSR count). The van der Waals surface area contributed by atoms with Crippen LogP contribution in [0.15, 0.2) is 22.8 Å². The van der Waals surface area contributed by atoms with Crippen LogP contribution < -0.4 is 0 Å². The number of aromatic nitrogens is 1.